The van der Waals surface area contributed by atoms with Crippen LogP contribution in [-0.2, 0) is 28.5 Å². The maximum absolute atomic E-state index is 13.4. The van der Waals surface area contributed by atoms with Crippen molar-refractivity contribution in [3.05, 3.63) is 54.2 Å². The molecular weight excluding hydrogens is 559 g/mol. The number of carbonyl (C=O) groups excluding carboxylic acids is 4. The fourth-order valence-corrected chi connectivity index (χ4v) is 4.58. The SMILES string of the molecule is CC(C)CC(NC(=O)C(NC(=O)c1cccc(-c2ccccc2)n1)C(C)O)B1OC(=O)[C@@](CC(=O)O)(CC(=O)N(C)C)O1. The van der Waals surface area contributed by atoms with Crippen LogP contribution in [0.4, 0.5) is 0 Å². The van der Waals surface area contributed by atoms with Crippen molar-refractivity contribution < 1.29 is 43.5 Å². The predicted molar refractivity (Wildman–Crippen MR) is 155 cm³/mol. The lowest BCUT2D eigenvalue weighted by molar-refractivity contribution is -0.155. The maximum atomic E-state index is 13.4. The van der Waals surface area contributed by atoms with Gasteiger partial charge in [-0.25, -0.2) is 4.98 Å². The molecule has 14 heteroatoms. The molecule has 230 valence electrons. The van der Waals surface area contributed by atoms with Gasteiger partial charge in [0.25, 0.3) is 5.91 Å². The van der Waals surface area contributed by atoms with Crippen LogP contribution in [0.2, 0.25) is 0 Å². The molecule has 13 nitrogen and oxygen atoms in total. The van der Waals surface area contributed by atoms with Crippen molar-refractivity contribution in [3.8, 4) is 11.3 Å². The molecule has 0 saturated carbocycles. The van der Waals surface area contributed by atoms with E-state index in [1.807, 2.05) is 44.2 Å². The molecule has 3 rings (SSSR count). The second-order valence-corrected chi connectivity index (χ2v) is 11.1. The van der Waals surface area contributed by atoms with Crippen LogP contribution in [0.5, 0.6) is 0 Å². The van der Waals surface area contributed by atoms with Gasteiger partial charge in [0.05, 0.1) is 30.6 Å². The number of nitrogens with one attached hydrogen (secondary N) is 2. The van der Waals surface area contributed by atoms with E-state index in [9.17, 15) is 34.2 Å². The number of carboxylic acids is 1. The molecule has 2 aromatic rings. The van der Waals surface area contributed by atoms with E-state index < -0.39 is 73.3 Å². The van der Waals surface area contributed by atoms with Gasteiger partial charge in [-0.05, 0) is 31.4 Å². The summed E-state index contributed by atoms with van der Waals surface area (Å²) in [6, 6.07) is 12.6. The first kappa shape index (κ1) is 33.2. The minimum absolute atomic E-state index is 0.0237. The van der Waals surface area contributed by atoms with Crippen molar-refractivity contribution in [3.63, 3.8) is 0 Å². The highest BCUT2D eigenvalue weighted by Crippen LogP contribution is 2.33. The third kappa shape index (κ3) is 8.61. The van der Waals surface area contributed by atoms with E-state index in [-0.39, 0.29) is 18.0 Å². The van der Waals surface area contributed by atoms with Crippen molar-refractivity contribution in [2.75, 3.05) is 14.1 Å². The van der Waals surface area contributed by atoms with Gasteiger partial charge in [-0.15, -0.1) is 0 Å². The summed E-state index contributed by atoms with van der Waals surface area (Å²) >= 11 is 0. The van der Waals surface area contributed by atoms with Crippen LogP contribution < -0.4 is 10.6 Å². The summed E-state index contributed by atoms with van der Waals surface area (Å²) in [6.07, 6.45) is -2.52. The van der Waals surface area contributed by atoms with Crippen molar-refractivity contribution in [1.29, 1.82) is 0 Å². The Bertz CT molecular complexity index is 1340. The summed E-state index contributed by atoms with van der Waals surface area (Å²) in [7, 11) is 1.48. The lowest BCUT2D eigenvalue weighted by atomic mass is 9.73. The molecule has 1 aromatic carbocycles. The third-order valence-electron chi connectivity index (χ3n) is 6.79. The highest BCUT2D eigenvalue weighted by Gasteiger charge is 2.58. The smallest absolute Gasteiger partial charge is 0.506 e. The Labute approximate surface area is 250 Å². The molecule has 0 spiro atoms. The number of hydrogen-bond acceptors (Lipinski definition) is 9. The van der Waals surface area contributed by atoms with E-state index in [0.717, 1.165) is 5.56 Å². The van der Waals surface area contributed by atoms with Gasteiger partial charge in [-0.2, -0.15) is 0 Å². The number of nitrogens with zero attached hydrogens (tertiary/aromatic N) is 2. The first-order chi connectivity index (χ1) is 20.2. The number of rotatable bonds is 13. The van der Waals surface area contributed by atoms with Gasteiger partial charge in [0.15, 0.2) is 5.60 Å². The summed E-state index contributed by atoms with van der Waals surface area (Å²) in [5.41, 5.74) is -0.738. The van der Waals surface area contributed by atoms with Crippen LogP contribution in [0.1, 0.15) is 50.5 Å². The summed E-state index contributed by atoms with van der Waals surface area (Å²) in [5.74, 6) is -5.53. The zero-order chi connectivity index (χ0) is 31.9. The molecule has 4 atom stereocenters. The molecule has 3 amide bonds. The van der Waals surface area contributed by atoms with Crippen LogP contribution in [0.3, 0.4) is 0 Å². The Morgan fingerprint density at radius 2 is 1.67 bits per heavy atom. The monoisotopic (exact) mass is 596 g/mol. The predicted octanol–water partition coefficient (Wildman–Crippen LogP) is 1.05. The molecule has 1 fully saturated rings. The van der Waals surface area contributed by atoms with Crippen molar-refractivity contribution >= 4 is 36.8 Å². The number of aliphatic hydroxyl groups is 1. The standard InChI is InChI=1S/C29H37BN4O9/c1-17(2)14-22(30-42-28(41)29(43-30,16-24(37)38)15-23(36)34(4)5)32-27(40)25(18(3)35)33-26(39)21-13-9-12-20(31-21)19-10-7-6-8-11-19/h6-13,17-18,22,25,35H,14-16H2,1-5H3,(H,32,40)(H,33,39)(H,37,38)/t18?,22?,25?,29-/m0/s1. The van der Waals surface area contributed by atoms with Crippen LogP contribution in [-0.4, -0.2) is 94.7 Å². The van der Waals surface area contributed by atoms with E-state index in [1.165, 1.54) is 32.0 Å². The van der Waals surface area contributed by atoms with E-state index >= 15 is 0 Å². The molecule has 43 heavy (non-hydrogen) atoms. The fraction of sp³-hybridized carbons (Fsp3) is 0.448. The Morgan fingerprint density at radius 1 is 1.00 bits per heavy atom. The summed E-state index contributed by atoms with van der Waals surface area (Å²) in [4.78, 5) is 69.1. The van der Waals surface area contributed by atoms with Crippen molar-refractivity contribution in [2.24, 2.45) is 5.92 Å². The number of aliphatic hydroxyl groups excluding tert-OH is 1. The molecule has 2 heterocycles. The summed E-state index contributed by atoms with van der Waals surface area (Å²) in [5, 5.41) is 25.1. The minimum atomic E-state index is -2.09. The molecule has 1 saturated heterocycles. The summed E-state index contributed by atoms with van der Waals surface area (Å²) in [6.45, 7) is 5.01. The van der Waals surface area contributed by atoms with Gasteiger partial charge in [0, 0.05) is 19.7 Å². The third-order valence-corrected chi connectivity index (χ3v) is 6.79. The van der Waals surface area contributed by atoms with Crippen LogP contribution >= 0.6 is 0 Å². The number of pyridine rings is 1. The first-order valence-corrected chi connectivity index (χ1v) is 13.8. The topological polar surface area (TPSA) is 184 Å². The lowest BCUT2D eigenvalue weighted by Gasteiger charge is -2.28. The van der Waals surface area contributed by atoms with Gasteiger partial charge < -0.3 is 35.1 Å². The minimum Gasteiger partial charge on any atom is -0.506 e. The lowest BCUT2D eigenvalue weighted by Crippen LogP contribution is -2.58. The van der Waals surface area contributed by atoms with Gasteiger partial charge in [0.2, 0.25) is 11.8 Å². The first-order valence-electron chi connectivity index (χ1n) is 13.8. The number of aromatic nitrogens is 1. The molecule has 1 aliphatic heterocycles. The molecule has 3 unspecified atom stereocenters. The zero-order valence-electron chi connectivity index (χ0n) is 24.8. The van der Waals surface area contributed by atoms with E-state index in [0.29, 0.717) is 5.69 Å². The Morgan fingerprint density at radius 3 is 2.26 bits per heavy atom. The van der Waals surface area contributed by atoms with Crippen LogP contribution in [0, 0.1) is 5.92 Å². The Balaban J connectivity index is 1.80. The maximum Gasteiger partial charge on any atom is 0.552 e. The average Bonchev–Trinajstić information content (AvgIpc) is 3.25. The van der Waals surface area contributed by atoms with Crippen molar-refractivity contribution in [1.82, 2.24) is 20.5 Å². The molecule has 0 radical (unpaired) electrons. The molecule has 0 aliphatic carbocycles. The quantitative estimate of drug-likeness (QED) is 0.244. The van der Waals surface area contributed by atoms with Gasteiger partial charge in [-0.1, -0.05) is 50.2 Å². The molecule has 0 bridgehead atoms. The largest absolute Gasteiger partial charge is 0.552 e. The van der Waals surface area contributed by atoms with Gasteiger partial charge in [-0.3, -0.25) is 24.0 Å². The number of hydrogen-bond donors (Lipinski definition) is 4. The number of benzene rings is 1. The van der Waals surface area contributed by atoms with Crippen LogP contribution in [0.25, 0.3) is 11.3 Å². The fourth-order valence-electron chi connectivity index (χ4n) is 4.58. The second kappa shape index (κ2) is 14.3. The number of carbonyl (C=O) groups is 5. The van der Waals surface area contributed by atoms with E-state index in [4.69, 9.17) is 9.31 Å². The second-order valence-electron chi connectivity index (χ2n) is 11.1. The normalized spacial score (nSPS) is 18.4. The number of carboxylic acid groups (broad SMARTS) is 1. The van der Waals surface area contributed by atoms with E-state index in [2.05, 4.69) is 15.6 Å². The van der Waals surface area contributed by atoms with E-state index in [1.54, 1.807) is 12.1 Å². The molecule has 4 N–H and O–H groups in total. The highest BCUT2D eigenvalue weighted by molar-refractivity contribution is 6.51. The Kier molecular flexibility index (Phi) is 11.0. The number of amides is 3. The molecule has 1 aliphatic rings. The number of aliphatic carboxylic acids is 1. The molecular formula is C29H37BN4O9. The Hall–Kier alpha value is -4.30. The zero-order valence-corrected chi connectivity index (χ0v) is 24.8. The van der Waals surface area contributed by atoms with Gasteiger partial charge >= 0.3 is 19.1 Å². The van der Waals surface area contributed by atoms with Crippen LogP contribution in [0.15, 0.2) is 48.5 Å². The summed E-state index contributed by atoms with van der Waals surface area (Å²) < 4.78 is 11.2. The van der Waals surface area contributed by atoms with Crippen molar-refractivity contribution in [2.45, 2.75) is 63.7 Å². The molecule has 1 aromatic heterocycles. The van der Waals surface area contributed by atoms with Gasteiger partial charge in [0.1, 0.15) is 11.7 Å². The average molecular weight is 596 g/mol. The highest BCUT2D eigenvalue weighted by atomic mass is 16.7.